The van der Waals surface area contributed by atoms with Crippen molar-refractivity contribution >= 4 is 21.6 Å². The lowest BCUT2D eigenvalue weighted by molar-refractivity contribution is 0.102. The predicted molar refractivity (Wildman–Crippen MR) is 101 cm³/mol. The second-order valence-corrected chi connectivity index (χ2v) is 8.38. The van der Waals surface area contributed by atoms with Crippen LogP contribution in [0.3, 0.4) is 0 Å². The Balaban J connectivity index is 1.89. The van der Waals surface area contributed by atoms with Crippen molar-refractivity contribution in [2.24, 2.45) is 7.05 Å². The fourth-order valence-electron chi connectivity index (χ4n) is 3.12. The molecular weight excluding hydrogens is 368 g/mol. The number of carbonyl (C=O) groups is 1. The number of hydrogen-bond acceptors (Lipinski definition) is 5. The first-order chi connectivity index (χ1) is 12.9. The highest BCUT2D eigenvalue weighted by atomic mass is 32.2. The summed E-state index contributed by atoms with van der Waals surface area (Å²) in [6, 6.07) is 6.87. The highest BCUT2D eigenvalue weighted by molar-refractivity contribution is 7.89. The Morgan fingerprint density at radius 2 is 1.89 bits per heavy atom. The van der Waals surface area contributed by atoms with Gasteiger partial charge < -0.3 is 10.1 Å². The van der Waals surface area contributed by atoms with Gasteiger partial charge in [0, 0.05) is 38.1 Å². The topological polar surface area (TPSA) is 93.5 Å². The molecule has 1 N–H and O–H groups in total. The molecule has 0 saturated carbocycles. The molecule has 9 heteroatoms. The Morgan fingerprint density at radius 3 is 2.56 bits per heavy atom. The Hall–Kier alpha value is -2.39. The van der Waals surface area contributed by atoms with Gasteiger partial charge in [-0.05, 0) is 25.0 Å². The molecular formula is C18H24N4O4S. The Bertz CT molecular complexity index is 915. The quantitative estimate of drug-likeness (QED) is 0.842. The van der Waals surface area contributed by atoms with Crippen LogP contribution in [-0.4, -0.2) is 48.6 Å². The van der Waals surface area contributed by atoms with E-state index in [1.165, 1.54) is 22.3 Å². The standard InChI is InChI=1S/C18H24N4O4S/c1-21-13-16(17(23)19-14-8-7-9-15(12-14)26-2)18(20-21)27(24,25)22-10-5-3-4-6-11-22/h7-9,12-13H,3-6,10-11H2,1-2H3,(H,19,23). The third-order valence-corrected chi connectivity index (χ3v) is 6.35. The highest BCUT2D eigenvalue weighted by Gasteiger charge is 2.32. The first-order valence-corrected chi connectivity index (χ1v) is 10.3. The van der Waals surface area contributed by atoms with Gasteiger partial charge in [-0.3, -0.25) is 9.48 Å². The molecule has 2 aromatic rings. The van der Waals surface area contributed by atoms with E-state index in [0.717, 1.165) is 25.7 Å². The number of sulfonamides is 1. The number of nitrogens with zero attached hydrogens (tertiary/aromatic N) is 3. The van der Waals surface area contributed by atoms with Crippen LogP contribution in [0.15, 0.2) is 35.5 Å². The van der Waals surface area contributed by atoms with Crippen LogP contribution in [0, 0.1) is 0 Å². The molecule has 0 radical (unpaired) electrons. The summed E-state index contributed by atoms with van der Waals surface area (Å²) in [6.45, 7) is 0.908. The van der Waals surface area contributed by atoms with Gasteiger partial charge >= 0.3 is 0 Å². The van der Waals surface area contributed by atoms with Crippen molar-refractivity contribution < 1.29 is 17.9 Å². The maximum Gasteiger partial charge on any atom is 0.263 e. The Morgan fingerprint density at radius 1 is 1.19 bits per heavy atom. The van der Waals surface area contributed by atoms with E-state index < -0.39 is 15.9 Å². The molecule has 1 aromatic heterocycles. The van der Waals surface area contributed by atoms with E-state index in [9.17, 15) is 13.2 Å². The first kappa shape index (κ1) is 19.4. The third-order valence-electron chi connectivity index (χ3n) is 4.52. The molecule has 2 heterocycles. The van der Waals surface area contributed by atoms with Crippen LogP contribution in [-0.2, 0) is 17.1 Å². The van der Waals surface area contributed by atoms with Gasteiger partial charge in [0.2, 0.25) is 5.03 Å². The molecule has 0 atom stereocenters. The number of benzene rings is 1. The molecule has 1 fully saturated rings. The van der Waals surface area contributed by atoms with Gasteiger partial charge in [-0.25, -0.2) is 8.42 Å². The summed E-state index contributed by atoms with van der Waals surface area (Å²) in [7, 11) is -0.693. The second-order valence-electron chi connectivity index (χ2n) is 6.53. The molecule has 1 aliphatic rings. The smallest absolute Gasteiger partial charge is 0.263 e. The van der Waals surface area contributed by atoms with Gasteiger partial charge in [-0.15, -0.1) is 0 Å². The number of carbonyl (C=O) groups excluding carboxylic acids is 1. The maximum absolute atomic E-state index is 13.1. The SMILES string of the molecule is COc1cccc(NC(=O)c2cn(C)nc2S(=O)(=O)N2CCCCCC2)c1. The van der Waals surface area contributed by atoms with Crippen molar-refractivity contribution in [3.63, 3.8) is 0 Å². The zero-order valence-electron chi connectivity index (χ0n) is 15.5. The minimum atomic E-state index is -3.83. The summed E-state index contributed by atoms with van der Waals surface area (Å²) in [6.07, 6.45) is 5.09. The molecule has 0 spiro atoms. The average molecular weight is 392 g/mol. The van der Waals surface area contributed by atoms with E-state index in [1.54, 1.807) is 31.3 Å². The van der Waals surface area contributed by atoms with Crippen LogP contribution >= 0.6 is 0 Å². The number of amides is 1. The van der Waals surface area contributed by atoms with E-state index in [4.69, 9.17) is 4.74 Å². The molecule has 1 aromatic carbocycles. The van der Waals surface area contributed by atoms with Crippen molar-refractivity contribution in [3.05, 3.63) is 36.0 Å². The van der Waals surface area contributed by atoms with Crippen LogP contribution in [0.1, 0.15) is 36.0 Å². The lowest BCUT2D eigenvalue weighted by atomic mass is 10.2. The number of nitrogens with one attached hydrogen (secondary N) is 1. The summed E-state index contributed by atoms with van der Waals surface area (Å²) in [5.41, 5.74) is 0.547. The summed E-state index contributed by atoms with van der Waals surface area (Å²) in [5.74, 6) is 0.0705. The maximum atomic E-state index is 13.1. The summed E-state index contributed by atoms with van der Waals surface area (Å²) >= 11 is 0. The number of methoxy groups -OCH3 is 1. The molecule has 27 heavy (non-hydrogen) atoms. The van der Waals surface area contributed by atoms with Crippen molar-refractivity contribution in [2.75, 3.05) is 25.5 Å². The van der Waals surface area contributed by atoms with Gasteiger partial charge in [0.15, 0.2) is 0 Å². The lowest BCUT2D eigenvalue weighted by Crippen LogP contribution is -2.33. The average Bonchev–Trinajstić information content (AvgIpc) is 2.86. The van der Waals surface area contributed by atoms with Crippen molar-refractivity contribution in [2.45, 2.75) is 30.7 Å². The first-order valence-electron chi connectivity index (χ1n) is 8.91. The molecule has 146 valence electrons. The van der Waals surface area contributed by atoms with E-state index in [2.05, 4.69) is 10.4 Å². The highest BCUT2D eigenvalue weighted by Crippen LogP contribution is 2.24. The minimum Gasteiger partial charge on any atom is -0.497 e. The zero-order chi connectivity index (χ0) is 19.4. The molecule has 3 rings (SSSR count). The van der Waals surface area contributed by atoms with E-state index in [-0.39, 0.29) is 10.6 Å². The van der Waals surface area contributed by atoms with E-state index in [1.807, 2.05) is 0 Å². The van der Waals surface area contributed by atoms with Crippen LogP contribution in [0.2, 0.25) is 0 Å². The van der Waals surface area contributed by atoms with Crippen molar-refractivity contribution in [1.29, 1.82) is 0 Å². The predicted octanol–water partition coefficient (Wildman–Crippen LogP) is 2.25. The lowest BCUT2D eigenvalue weighted by Gasteiger charge is -2.19. The van der Waals surface area contributed by atoms with Gasteiger partial charge in [0.05, 0.1) is 12.7 Å². The monoisotopic (exact) mass is 392 g/mol. The molecule has 8 nitrogen and oxygen atoms in total. The number of aryl methyl sites for hydroxylation is 1. The zero-order valence-corrected chi connectivity index (χ0v) is 16.3. The fourth-order valence-corrected chi connectivity index (χ4v) is 4.76. The molecule has 1 saturated heterocycles. The third kappa shape index (κ3) is 4.30. The summed E-state index contributed by atoms with van der Waals surface area (Å²) in [5, 5.41) is 6.60. The summed E-state index contributed by atoms with van der Waals surface area (Å²) in [4.78, 5) is 12.8. The van der Waals surface area contributed by atoms with E-state index >= 15 is 0 Å². The number of anilines is 1. The van der Waals surface area contributed by atoms with Gasteiger partial charge in [0.1, 0.15) is 5.75 Å². The molecule has 1 amide bonds. The van der Waals surface area contributed by atoms with Crippen molar-refractivity contribution in [3.8, 4) is 5.75 Å². The minimum absolute atomic E-state index is 0.0320. The molecule has 1 aliphatic heterocycles. The fraction of sp³-hybridized carbons (Fsp3) is 0.444. The van der Waals surface area contributed by atoms with Crippen LogP contribution in [0.25, 0.3) is 0 Å². The van der Waals surface area contributed by atoms with Crippen molar-refractivity contribution in [1.82, 2.24) is 14.1 Å². The Kier molecular flexibility index (Phi) is 5.81. The van der Waals surface area contributed by atoms with E-state index in [0.29, 0.717) is 24.5 Å². The Labute approximate surface area is 159 Å². The number of rotatable bonds is 5. The molecule has 0 unspecified atom stereocenters. The molecule has 0 bridgehead atoms. The number of aromatic nitrogens is 2. The van der Waals surface area contributed by atoms with Crippen LogP contribution in [0.4, 0.5) is 5.69 Å². The second kappa shape index (κ2) is 8.10. The van der Waals surface area contributed by atoms with Gasteiger partial charge in [-0.1, -0.05) is 18.9 Å². The normalized spacial score (nSPS) is 15.9. The van der Waals surface area contributed by atoms with Gasteiger partial charge in [0.25, 0.3) is 15.9 Å². The van der Waals surface area contributed by atoms with Crippen LogP contribution < -0.4 is 10.1 Å². The largest absolute Gasteiger partial charge is 0.497 e. The number of ether oxygens (including phenoxy) is 1. The number of hydrogen-bond donors (Lipinski definition) is 1. The summed E-state index contributed by atoms with van der Waals surface area (Å²) < 4.78 is 34.1. The molecule has 0 aliphatic carbocycles. The van der Waals surface area contributed by atoms with Gasteiger partial charge in [-0.2, -0.15) is 9.40 Å². The van der Waals surface area contributed by atoms with Crippen LogP contribution in [0.5, 0.6) is 5.75 Å².